The summed E-state index contributed by atoms with van der Waals surface area (Å²) in [5, 5.41) is 10.9. The molecule has 0 amide bonds. The van der Waals surface area contributed by atoms with Crippen LogP contribution in [0.3, 0.4) is 0 Å². The molecule has 3 heterocycles. The Morgan fingerprint density at radius 1 is 1.30 bits per heavy atom. The van der Waals surface area contributed by atoms with Gasteiger partial charge in [-0.25, -0.2) is 4.98 Å². The molecule has 5 atom stereocenters. The molecule has 0 aromatic carbocycles. The third-order valence-electron chi connectivity index (χ3n) is 4.60. The van der Waals surface area contributed by atoms with E-state index in [2.05, 4.69) is 15.0 Å². The molecule has 10 heteroatoms. The lowest BCUT2D eigenvalue weighted by atomic mass is 10.1. The Bertz CT molecular complexity index is 782. The van der Waals surface area contributed by atoms with Crippen LogP contribution in [0.1, 0.15) is 40.3 Å². The van der Waals surface area contributed by atoms with Gasteiger partial charge in [-0.15, -0.1) is 0 Å². The van der Waals surface area contributed by atoms with Crippen molar-refractivity contribution in [1.29, 1.82) is 0 Å². The Morgan fingerprint density at radius 2 is 2.04 bits per heavy atom. The lowest BCUT2D eigenvalue weighted by Gasteiger charge is -2.24. The highest BCUT2D eigenvalue weighted by molar-refractivity contribution is 5.82. The number of fused-ring (bicyclic) bond motifs is 1. The zero-order valence-electron chi connectivity index (χ0n) is 16.1. The smallest absolute Gasteiger partial charge is 0.224 e. The first kappa shape index (κ1) is 19.7. The van der Waals surface area contributed by atoms with Crippen molar-refractivity contribution in [3.63, 3.8) is 0 Å². The molecule has 1 aliphatic heterocycles. The summed E-state index contributed by atoms with van der Waals surface area (Å²) in [6.45, 7) is 8.17. The molecule has 150 valence electrons. The van der Waals surface area contributed by atoms with Crippen LogP contribution in [0.5, 0.6) is 0 Å². The fourth-order valence-electron chi connectivity index (χ4n) is 3.08. The van der Waals surface area contributed by atoms with E-state index in [0.29, 0.717) is 17.8 Å². The molecule has 0 saturated carbocycles. The second-order valence-electron chi connectivity index (χ2n) is 7.05. The number of nitrogen functional groups attached to an aromatic ring is 2. The second-order valence-corrected chi connectivity index (χ2v) is 7.05. The van der Waals surface area contributed by atoms with Crippen molar-refractivity contribution in [3.05, 3.63) is 6.33 Å². The highest BCUT2D eigenvalue weighted by Gasteiger charge is 2.46. The molecule has 0 aliphatic carbocycles. The molecule has 3 rings (SSSR count). The van der Waals surface area contributed by atoms with Gasteiger partial charge in [0.2, 0.25) is 5.95 Å². The van der Waals surface area contributed by atoms with E-state index in [9.17, 15) is 5.11 Å². The van der Waals surface area contributed by atoms with Crippen molar-refractivity contribution in [3.8, 4) is 0 Å². The molecule has 0 spiro atoms. The Morgan fingerprint density at radius 3 is 2.70 bits per heavy atom. The minimum Gasteiger partial charge on any atom is -0.386 e. The van der Waals surface area contributed by atoms with Gasteiger partial charge in [-0.3, -0.25) is 4.57 Å². The summed E-state index contributed by atoms with van der Waals surface area (Å²) in [7, 11) is 0. The van der Waals surface area contributed by atoms with Gasteiger partial charge in [-0.05, 0) is 27.2 Å². The molecular weight excluding hydrogens is 352 g/mol. The van der Waals surface area contributed by atoms with E-state index in [1.807, 2.05) is 27.7 Å². The molecule has 1 aliphatic rings. The average Bonchev–Trinajstić information content (AvgIpc) is 3.15. The van der Waals surface area contributed by atoms with E-state index >= 15 is 0 Å². The molecule has 1 saturated heterocycles. The minimum absolute atomic E-state index is 0.0286. The maximum atomic E-state index is 10.9. The molecule has 3 unspecified atom stereocenters. The second kappa shape index (κ2) is 7.93. The third kappa shape index (κ3) is 3.98. The largest absolute Gasteiger partial charge is 0.386 e. The van der Waals surface area contributed by atoms with E-state index in [1.54, 1.807) is 4.57 Å². The maximum Gasteiger partial charge on any atom is 0.224 e. The Balaban J connectivity index is 1.89. The highest BCUT2D eigenvalue weighted by atomic mass is 16.6. The topological polar surface area (TPSA) is 144 Å². The Labute approximate surface area is 157 Å². The number of anilines is 2. The van der Waals surface area contributed by atoms with Crippen LogP contribution < -0.4 is 11.5 Å². The van der Waals surface area contributed by atoms with E-state index in [4.69, 9.17) is 25.7 Å². The van der Waals surface area contributed by atoms with Gasteiger partial charge < -0.3 is 30.8 Å². The van der Waals surface area contributed by atoms with Crippen LogP contribution in [-0.2, 0) is 14.2 Å². The van der Waals surface area contributed by atoms with Crippen LogP contribution in [0, 0.1) is 0 Å². The van der Waals surface area contributed by atoms with Crippen LogP contribution in [0.15, 0.2) is 6.33 Å². The summed E-state index contributed by atoms with van der Waals surface area (Å²) >= 11 is 0. The fraction of sp³-hybridized carbons (Fsp3) is 0.706. The van der Waals surface area contributed by atoms with E-state index in [-0.39, 0.29) is 24.0 Å². The molecule has 10 nitrogen and oxygen atoms in total. The van der Waals surface area contributed by atoms with E-state index < -0.39 is 24.5 Å². The number of ether oxygens (including phenoxy) is 3. The summed E-state index contributed by atoms with van der Waals surface area (Å²) in [6, 6.07) is 0. The quantitative estimate of drug-likeness (QED) is 0.637. The van der Waals surface area contributed by atoms with Gasteiger partial charge in [0.25, 0.3) is 0 Å². The molecule has 0 radical (unpaired) electrons. The normalized spacial score (nSPS) is 26.9. The zero-order valence-corrected chi connectivity index (χ0v) is 16.1. The molecular formula is C17H28N6O4. The molecule has 0 bridgehead atoms. The lowest BCUT2D eigenvalue weighted by Crippen LogP contribution is -2.38. The van der Waals surface area contributed by atoms with Crippen LogP contribution in [0.2, 0.25) is 0 Å². The van der Waals surface area contributed by atoms with Gasteiger partial charge in [0.15, 0.2) is 17.7 Å². The van der Waals surface area contributed by atoms with Crippen molar-refractivity contribution in [2.75, 3.05) is 18.1 Å². The van der Waals surface area contributed by atoms with E-state index in [0.717, 1.165) is 6.42 Å². The molecule has 1 fully saturated rings. The van der Waals surface area contributed by atoms with Crippen LogP contribution in [0.25, 0.3) is 11.2 Å². The average molecular weight is 380 g/mol. The molecule has 5 N–H and O–H groups in total. The lowest BCUT2D eigenvalue weighted by molar-refractivity contribution is -0.0995. The number of imidazole rings is 1. The first-order valence-electron chi connectivity index (χ1n) is 9.17. The SMILES string of the molecule is CCC(C)OC[C@H]1O[C@@H](n2cnc3c(N)nc(N)nc32)C(O)C1OC(C)C. The van der Waals surface area contributed by atoms with Crippen LogP contribution >= 0.6 is 0 Å². The number of aromatic nitrogens is 4. The standard InChI is InChI=1S/C17H28N6O4/c1-5-9(4)25-6-10-13(26-8(2)3)12(24)16(27-10)23-7-20-11-14(18)21-17(19)22-15(11)23/h7-10,12-13,16,24H,5-6H2,1-4H3,(H4,18,19,21,22)/t9?,10-,12?,13?,16-/m1/s1. The number of aliphatic hydroxyl groups excluding tert-OH is 1. The first-order chi connectivity index (χ1) is 12.8. The molecule has 2 aromatic rings. The monoisotopic (exact) mass is 380 g/mol. The predicted molar refractivity (Wildman–Crippen MR) is 99.8 cm³/mol. The number of hydrogen-bond donors (Lipinski definition) is 3. The number of aliphatic hydroxyl groups is 1. The van der Waals surface area contributed by atoms with Crippen molar-refractivity contribution in [2.45, 2.75) is 70.9 Å². The maximum absolute atomic E-state index is 10.9. The van der Waals surface area contributed by atoms with Crippen molar-refractivity contribution >= 4 is 22.9 Å². The summed E-state index contributed by atoms with van der Waals surface area (Å²) in [5.41, 5.74) is 12.4. The Kier molecular flexibility index (Phi) is 5.80. The fourth-order valence-corrected chi connectivity index (χ4v) is 3.08. The number of nitrogens with zero attached hydrogens (tertiary/aromatic N) is 4. The predicted octanol–water partition coefficient (Wildman–Crippen LogP) is 0.858. The van der Waals surface area contributed by atoms with Gasteiger partial charge >= 0.3 is 0 Å². The van der Waals surface area contributed by atoms with Gasteiger partial charge in [-0.1, -0.05) is 6.92 Å². The zero-order chi connectivity index (χ0) is 19.7. The number of rotatable bonds is 7. The number of hydrogen-bond acceptors (Lipinski definition) is 9. The van der Waals surface area contributed by atoms with Crippen molar-refractivity contribution in [2.24, 2.45) is 0 Å². The summed E-state index contributed by atoms with van der Waals surface area (Å²) in [4.78, 5) is 12.3. The highest BCUT2D eigenvalue weighted by Crippen LogP contribution is 2.34. The third-order valence-corrected chi connectivity index (χ3v) is 4.60. The van der Waals surface area contributed by atoms with Gasteiger partial charge in [0, 0.05) is 0 Å². The first-order valence-corrected chi connectivity index (χ1v) is 9.17. The van der Waals surface area contributed by atoms with Crippen LogP contribution in [-0.4, -0.2) is 61.8 Å². The Hall–Kier alpha value is -2.01. The van der Waals surface area contributed by atoms with E-state index in [1.165, 1.54) is 6.33 Å². The molecule has 27 heavy (non-hydrogen) atoms. The van der Waals surface area contributed by atoms with Crippen molar-refractivity contribution in [1.82, 2.24) is 19.5 Å². The van der Waals surface area contributed by atoms with Crippen LogP contribution in [0.4, 0.5) is 11.8 Å². The number of nitrogens with two attached hydrogens (primary N) is 2. The summed E-state index contributed by atoms with van der Waals surface area (Å²) in [5.74, 6) is 0.205. The van der Waals surface area contributed by atoms with Gasteiger partial charge in [0.05, 0.1) is 25.1 Å². The van der Waals surface area contributed by atoms with Gasteiger partial charge in [-0.2, -0.15) is 9.97 Å². The molecule has 2 aromatic heterocycles. The minimum atomic E-state index is -0.937. The van der Waals surface area contributed by atoms with Crippen molar-refractivity contribution < 1.29 is 19.3 Å². The summed E-state index contributed by atoms with van der Waals surface area (Å²) < 4.78 is 19.4. The summed E-state index contributed by atoms with van der Waals surface area (Å²) in [6.07, 6.45) is -0.269. The van der Waals surface area contributed by atoms with Gasteiger partial charge in [0.1, 0.15) is 23.8 Å².